The Morgan fingerprint density at radius 2 is 1.93 bits per heavy atom. The van der Waals surface area contributed by atoms with E-state index >= 15 is 0 Å². The van der Waals surface area contributed by atoms with Crippen LogP contribution in [0.3, 0.4) is 0 Å². The van der Waals surface area contributed by atoms with Gasteiger partial charge in [0.05, 0.1) is 14.5 Å². The highest BCUT2D eigenvalue weighted by Gasteiger charge is 2.14. The molecule has 0 aliphatic heterocycles. The van der Waals surface area contributed by atoms with E-state index in [2.05, 4.69) is 15.0 Å². The first-order chi connectivity index (χ1) is 12.8. The molecular formula is C19H21N3O3S2. The molecule has 2 aromatic heterocycles. The molecular weight excluding hydrogens is 382 g/mol. The van der Waals surface area contributed by atoms with Crippen molar-refractivity contribution in [3.8, 4) is 0 Å². The average molecular weight is 404 g/mol. The van der Waals surface area contributed by atoms with Gasteiger partial charge < -0.3 is 5.32 Å². The Bertz CT molecular complexity index is 1010. The number of hydrogen-bond donors (Lipinski definition) is 2. The van der Waals surface area contributed by atoms with E-state index in [1.165, 1.54) is 11.3 Å². The van der Waals surface area contributed by atoms with Crippen LogP contribution in [-0.4, -0.2) is 25.9 Å². The maximum absolute atomic E-state index is 12.3. The summed E-state index contributed by atoms with van der Waals surface area (Å²) < 4.78 is 27.9. The van der Waals surface area contributed by atoms with Gasteiger partial charge in [-0.15, -0.1) is 11.3 Å². The molecule has 6 nitrogen and oxygen atoms in total. The van der Waals surface area contributed by atoms with E-state index in [0.29, 0.717) is 18.0 Å². The molecule has 0 atom stereocenters. The van der Waals surface area contributed by atoms with Gasteiger partial charge in [-0.25, -0.2) is 13.1 Å². The van der Waals surface area contributed by atoms with Crippen LogP contribution in [0.4, 0.5) is 0 Å². The lowest BCUT2D eigenvalue weighted by molar-refractivity contribution is 0.0955. The second kappa shape index (κ2) is 8.16. The molecule has 0 aliphatic carbocycles. The molecule has 8 heteroatoms. The summed E-state index contributed by atoms with van der Waals surface area (Å²) in [5.74, 6) is 0.0745. The largest absolute Gasteiger partial charge is 0.347 e. The quantitative estimate of drug-likeness (QED) is 0.634. The van der Waals surface area contributed by atoms with Gasteiger partial charge in [0.1, 0.15) is 0 Å². The number of hydrogen-bond acceptors (Lipinski definition) is 5. The first-order valence-corrected chi connectivity index (χ1v) is 10.9. The van der Waals surface area contributed by atoms with Gasteiger partial charge in [0, 0.05) is 25.5 Å². The predicted molar refractivity (Wildman–Crippen MR) is 107 cm³/mol. The van der Waals surface area contributed by atoms with Gasteiger partial charge in [0.15, 0.2) is 0 Å². The molecule has 2 heterocycles. The number of carbonyl (C=O) groups excluding carboxylic acids is 1. The summed E-state index contributed by atoms with van der Waals surface area (Å²) in [4.78, 5) is 17.2. The minimum absolute atomic E-state index is 0.161. The number of fused-ring (bicyclic) bond motifs is 1. The van der Waals surface area contributed by atoms with Crippen molar-refractivity contribution >= 4 is 37.4 Å². The summed E-state index contributed by atoms with van der Waals surface area (Å²) in [6.07, 6.45) is 3.44. The number of nitrogens with zero attached hydrogens (tertiary/aromatic N) is 1. The topological polar surface area (TPSA) is 88.2 Å². The van der Waals surface area contributed by atoms with Crippen molar-refractivity contribution in [1.82, 2.24) is 15.0 Å². The lowest BCUT2D eigenvalue weighted by atomic mass is 10.2. The lowest BCUT2D eigenvalue weighted by Crippen LogP contribution is -2.27. The zero-order valence-corrected chi connectivity index (χ0v) is 16.7. The molecule has 0 bridgehead atoms. The van der Waals surface area contributed by atoms with E-state index in [9.17, 15) is 13.2 Å². The first-order valence-electron chi connectivity index (χ1n) is 8.55. The van der Waals surface area contributed by atoms with Gasteiger partial charge >= 0.3 is 0 Å². The van der Waals surface area contributed by atoms with Gasteiger partial charge in [-0.2, -0.15) is 0 Å². The SMILES string of the molecule is CC(C)CNS(=O)(=O)c1ccc(CNC(=O)c2cc3ccncc3s2)cc1. The van der Waals surface area contributed by atoms with Crippen LogP contribution in [-0.2, 0) is 16.6 Å². The van der Waals surface area contributed by atoms with Crippen molar-refractivity contribution in [3.05, 3.63) is 59.2 Å². The average Bonchev–Trinajstić information content (AvgIpc) is 3.09. The highest BCUT2D eigenvalue weighted by molar-refractivity contribution is 7.89. The summed E-state index contributed by atoms with van der Waals surface area (Å²) in [6, 6.07) is 10.2. The minimum Gasteiger partial charge on any atom is -0.347 e. The number of carbonyl (C=O) groups is 1. The van der Waals surface area contributed by atoms with E-state index < -0.39 is 10.0 Å². The van der Waals surface area contributed by atoms with Gasteiger partial charge in [-0.3, -0.25) is 9.78 Å². The molecule has 1 amide bonds. The van der Waals surface area contributed by atoms with Gasteiger partial charge in [-0.05, 0) is 41.1 Å². The van der Waals surface area contributed by atoms with Crippen LogP contribution < -0.4 is 10.0 Å². The monoisotopic (exact) mass is 403 g/mol. The molecule has 0 saturated carbocycles. The molecule has 3 aromatic rings. The van der Waals surface area contributed by atoms with E-state index in [1.807, 2.05) is 26.0 Å². The highest BCUT2D eigenvalue weighted by atomic mass is 32.2. The van der Waals surface area contributed by atoms with Crippen LogP contribution in [0.1, 0.15) is 29.1 Å². The highest BCUT2D eigenvalue weighted by Crippen LogP contribution is 2.24. The fourth-order valence-corrected chi connectivity index (χ4v) is 4.57. The Balaban J connectivity index is 1.62. The smallest absolute Gasteiger partial charge is 0.261 e. The third-order valence-corrected chi connectivity index (χ3v) is 6.44. The van der Waals surface area contributed by atoms with Crippen molar-refractivity contribution in [1.29, 1.82) is 0 Å². The normalized spacial score (nSPS) is 11.8. The van der Waals surface area contributed by atoms with Gasteiger partial charge in [0.25, 0.3) is 5.91 Å². The van der Waals surface area contributed by atoms with Crippen LogP contribution in [0.2, 0.25) is 0 Å². The summed E-state index contributed by atoms with van der Waals surface area (Å²) >= 11 is 1.39. The fraction of sp³-hybridized carbons (Fsp3) is 0.263. The van der Waals surface area contributed by atoms with E-state index in [4.69, 9.17) is 0 Å². The summed E-state index contributed by atoms with van der Waals surface area (Å²) in [7, 11) is -3.50. The number of pyridine rings is 1. The van der Waals surface area contributed by atoms with Crippen molar-refractivity contribution in [3.63, 3.8) is 0 Å². The summed E-state index contributed by atoms with van der Waals surface area (Å²) in [6.45, 7) is 4.61. The Morgan fingerprint density at radius 1 is 1.19 bits per heavy atom. The molecule has 3 rings (SSSR count). The van der Waals surface area contributed by atoms with Crippen LogP contribution in [0, 0.1) is 5.92 Å². The second-order valence-corrected chi connectivity index (χ2v) is 9.45. The van der Waals surface area contributed by atoms with Crippen LogP contribution in [0.15, 0.2) is 53.7 Å². The Kier molecular flexibility index (Phi) is 5.88. The van der Waals surface area contributed by atoms with Crippen molar-refractivity contribution in [2.45, 2.75) is 25.3 Å². The maximum atomic E-state index is 12.3. The predicted octanol–water partition coefficient (Wildman–Crippen LogP) is 3.16. The molecule has 0 radical (unpaired) electrons. The third-order valence-electron chi connectivity index (χ3n) is 3.92. The number of thiophene rings is 1. The standard InChI is InChI=1S/C19H21N3O3S2/c1-13(2)10-22-27(24,25)16-5-3-14(4-6-16)11-21-19(23)17-9-15-7-8-20-12-18(15)26-17/h3-9,12-13,22H,10-11H2,1-2H3,(H,21,23). The van der Waals surface area contributed by atoms with Crippen LogP contribution in [0.5, 0.6) is 0 Å². The zero-order valence-electron chi connectivity index (χ0n) is 15.1. The Labute approximate surface area is 162 Å². The fourth-order valence-electron chi connectivity index (χ4n) is 2.41. The minimum atomic E-state index is -3.50. The molecule has 27 heavy (non-hydrogen) atoms. The van der Waals surface area contributed by atoms with E-state index in [-0.39, 0.29) is 16.7 Å². The van der Waals surface area contributed by atoms with E-state index in [0.717, 1.165) is 15.6 Å². The number of nitrogens with one attached hydrogen (secondary N) is 2. The second-order valence-electron chi connectivity index (χ2n) is 6.60. The van der Waals surface area contributed by atoms with Crippen LogP contribution >= 0.6 is 11.3 Å². The molecule has 0 fully saturated rings. The summed E-state index contributed by atoms with van der Waals surface area (Å²) in [5.41, 5.74) is 0.828. The Morgan fingerprint density at radius 3 is 2.59 bits per heavy atom. The zero-order chi connectivity index (χ0) is 19.4. The van der Waals surface area contributed by atoms with Crippen molar-refractivity contribution < 1.29 is 13.2 Å². The number of benzene rings is 1. The number of sulfonamides is 1. The molecule has 0 saturated heterocycles. The molecule has 0 aliphatic rings. The van der Waals surface area contributed by atoms with Gasteiger partial charge in [0.2, 0.25) is 10.0 Å². The van der Waals surface area contributed by atoms with Crippen molar-refractivity contribution in [2.75, 3.05) is 6.54 Å². The number of amides is 1. The van der Waals surface area contributed by atoms with Crippen molar-refractivity contribution in [2.24, 2.45) is 5.92 Å². The third kappa shape index (κ3) is 4.91. The first kappa shape index (κ1) is 19.5. The molecule has 142 valence electrons. The molecule has 0 spiro atoms. The number of rotatable bonds is 7. The maximum Gasteiger partial charge on any atom is 0.261 e. The van der Waals surface area contributed by atoms with Crippen LogP contribution in [0.25, 0.3) is 10.1 Å². The Hall–Kier alpha value is -2.29. The lowest BCUT2D eigenvalue weighted by Gasteiger charge is -2.09. The number of aromatic nitrogens is 1. The molecule has 2 N–H and O–H groups in total. The molecule has 1 aromatic carbocycles. The van der Waals surface area contributed by atoms with Gasteiger partial charge in [-0.1, -0.05) is 26.0 Å². The summed E-state index contributed by atoms with van der Waals surface area (Å²) in [5, 5.41) is 3.85. The molecule has 0 unspecified atom stereocenters. The van der Waals surface area contributed by atoms with E-state index in [1.54, 1.807) is 36.7 Å².